The number of benzene rings is 1. The van der Waals surface area contributed by atoms with Crippen LogP contribution in [0, 0.1) is 0 Å². The van der Waals surface area contributed by atoms with E-state index in [1.807, 2.05) is 18.2 Å². The van der Waals surface area contributed by atoms with E-state index < -0.39 is 8.32 Å². The Balaban J connectivity index is 1.98. The first-order valence-electron chi connectivity index (χ1n) is 9.55. The zero-order valence-corrected chi connectivity index (χ0v) is 18.0. The van der Waals surface area contributed by atoms with Crippen molar-refractivity contribution in [2.45, 2.75) is 77.0 Å². The predicted molar refractivity (Wildman–Crippen MR) is 111 cm³/mol. The summed E-state index contributed by atoms with van der Waals surface area (Å²) < 4.78 is 18.2. The molecule has 0 aromatic heterocycles. The molecule has 5 heteroatoms. The van der Waals surface area contributed by atoms with E-state index in [2.05, 4.69) is 40.4 Å². The van der Waals surface area contributed by atoms with Gasteiger partial charge in [-0.05, 0) is 55.1 Å². The van der Waals surface area contributed by atoms with Crippen molar-refractivity contribution in [3.8, 4) is 5.75 Å². The number of rotatable bonds is 8. The molecule has 0 amide bonds. The van der Waals surface area contributed by atoms with E-state index >= 15 is 0 Å². The number of hydrogen-bond donors (Lipinski definition) is 1. The number of ether oxygens (including phenoxy) is 2. The molecule has 2 N–H and O–H groups in total. The lowest BCUT2D eigenvalue weighted by Crippen LogP contribution is -2.40. The van der Waals surface area contributed by atoms with E-state index in [4.69, 9.17) is 19.6 Å². The van der Waals surface area contributed by atoms with Crippen LogP contribution in [-0.4, -0.2) is 27.1 Å². The largest absolute Gasteiger partial charge is 0.486 e. The second-order valence-electron chi connectivity index (χ2n) is 8.67. The summed E-state index contributed by atoms with van der Waals surface area (Å²) in [5, 5.41) is 0.199. The Morgan fingerprint density at radius 2 is 1.92 bits per heavy atom. The van der Waals surface area contributed by atoms with Gasteiger partial charge in [-0.2, -0.15) is 0 Å². The van der Waals surface area contributed by atoms with Crippen molar-refractivity contribution in [1.82, 2.24) is 0 Å². The molecule has 0 bridgehead atoms. The van der Waals surface area contributed by atoms with Crippen LogP contribution in [0.2, 0.25) is 18.1 Å². The van der Waals surface area contributed by atoms with Crippen LogP contribution < -0.4 is 10.5 Å². The van der Waals surface area contributed by atoms with Gasteiger partial charge >= 0.3 is 0 Å². The van der Waals surface area contributed by atoms with E-state index in [1.54, 1.807) is 6.08 Å². The van der Waals surface area contributed by atoms with Gasteiger partial charge in [-0.3, -0.25) is 0 Å². The topological polar surface area (TPSA) is 53.7 Å². The number of hydrogen-bond acceptors (Lipinski definition) is 4. The second-order valence-corrected chi connectivity index (χ2v) is 13.5. The van der Waals surface area contributed by atoms with Crippen molar-refractivity contribution < 1.29 is 13.9 Å². The lowest BCUT2D eigenvalue weighted by molar-refractivity contribution is 0.00580. The van der Waals surface area contributed by atoms with Gasteiger partial charge in [-0.1, -0.05) is 32.9 Å². The van der Waals surface area contributed by atoms with Crippen molar-refractivity contribution in [1.29, 1.82) is 0 Å². The van der Waals surface area contributed by atoms with Crippen molar-refractivity contribution in [3.63, 3.8) is 0 Å². The van der Waals surface area contributed by atoms with E-state index in [1.165, 1.54) is 0 Å². The van der Waals surface area contributed by atoms with Crippen LogP contribution in [0.5, 0.6) is 5.75 Å². The zero-order valence-electron chi connectivity index (χ0n) is 17.0. The van der Waals surface area contributed by atoms with Crippen LogP contribution >= 0.6 is 0 Å². The van der Waals surface area contributed by atoms with Gasteiger partial charge in [0.15, 0.2) is 8.32 Å². The molecule has 1 aliphatic rings. The molecule has 26 heavy (non-hydrogen) atoms. The lowest BCUT2D eigenvalue weighted by atomic mass is 10.2. The van der Waals surface area contributed by atoms with Crippen LogP contribution in [0.1, 0.15) is 45.6 Å². The fraction of sp³-hybridized carbons (Fsp3) is 0.619. The smallest absolute Gasteiger partial charge is 0.192 e. The molecule has 0 unspecified atom stereocenters. The molecular weight excluding hydrogens is 342 g/mol. The van der Waals surface area contributed by atoms with Gasteiger partial charge in [0.1, 0.15) is 11.9 Å². The first-order valence-corrected chi connectivity index (χ1v) is 12.5. The summed E-state index contributed by atoms with van der Waals surface area (Å²) in [6, 6.07) is 5.98. The normalized spacial score (nSPS) is 21.0. The Morgan fingerprint density at radius 3 is 2.54 bits per heavy atom. The molecule has 0 radical (unpaired) electrons. The van der Waals surface area contributed by atoms with Gasteiger partial charge in [0.05, 0.1) is 25.0 Å². The summed E-state index contributed by atoms with van der Waals surface area (Å²) >= 11 is 0. The maximum atomic E-state index is 6.28. The number of anilines is 1. The quantitative estimate of drug-likeness (QED) is 0.380. The standard InChI is InChI=1S/C21H35NO3Si/c1-7-13-23-19-9-8-10-20(19)25-18-12-11-16(14-17(18)22)15-24-26(5,6)21(2,3)4/h7,11-12,14,19-20H,1,8-10,13,15,22H2,2-6H3/t19-,20-/m0/s1. The van der Waals surface area contributed by atoms with Crippen LogP contribution in [-0.2, 0) is 15.8 Å². The van der Waals surface area contributed by atoms with Crippen LogP contribution in [0.4, 0.5) is 5.69 Å². The molecule has 0 heterocycles. The van der Waals surface area contributed by atoms with Gasteiger partial charge in [-0.25, -0.2) is 0 Å². The molecule has 1 saturated carbocycles. The van der Waals surface area contributed by atoms with E-state index in [-0.39, 0.29) is 17.2 Å². The van der Waals surface area contributed by atoms with Gasteiger partial charge in [-0.15, -0.1) is 6.58 Å². The van der Waals surface area contributed by atoms with Crippen molar-refractivity contribution in [2.24, 2.45) is 0 Å². The molecule has 1 aromatic rings. The highest BCUT2D eigenvalue weighted by atomic mass is 28.4. The third-order valence-corrected chi connectivity index (χ3v) is 10.1. The van der Waals surface area contributed by atoms with Crippen LogP contribution in [0.3, 0.4) is 0 Å². The highest BCUT2D eigenvalue weighted by molar-refractivity contribution is 6.74. The zero-order chi connectivity index (χ0) is 19.4. The molecule has 2 atom stereocenters. The molecule has 0 saturated heterocycles. The van der Waals surface area contributed by atoms with Crippen LogP contribution in [0.25, 0.3) is 0 Å². The molecule has 4 nitrogen and oxygen atoms in total. The van der Waals surface area contributed by atoms with E-state index in [0.29, 0.717) is 18.9 Å². The Morgan fingerprint density at radius 1 is 1.23 bits per heavy atom. The van der Waals surface area contributed by atoms with Gasteiger partial charge in [0.25, 0.3) is 0 Å². The first-order chi connectivity index (χ1) is 12.1. The fourth-order valence-electron chi connectivity index (χ4n) is 2.85. The maximum absolute atomic E-state index is 6.28. The van der Waals surface area contributed by atoms with Gasteiger partial charge in [0.2, 0.25) is 0 Å². The summed E-state index contributed by atoms with van der Waals surface area (Å²) in [7, 11) is -1.77. The SMILES string of the molecule is C=CCO[C@H]1CCC[C@@H]1Oc1ccc(CO[Si](C)(C)C(C)(C)C)cc1N. The molecule has 1 fully saturated rings. The fourth-order valence-corrected chi connectivity index (χ4v) is 3.81. The van der Waals surface area contributed by atoms with Crippen molar-refractivity contribution in [2.75, 3.05) is 12.3 Å². The minimum atomic E-state index is -1.77. The molecule has 146 valence electrons. The summed E-state index contributed by atoms with van der Waals surface area (Å²) in [6.45, 7) is 16.1. The minimum Gasteiger partial charge on any atom is -0.486 e. The predicted octanol–water partition coefficient (Wildman–Crippen LogP) is 5.29. The highest BCUT2D eigenvalue weighted by Gasteiger charge is 2.37. The Labute approximate surface area is 159 Å². The third kappa shape index (κ3) is 5.35. The Kier molecular flexibility index (Phi) is 6.94. The van der Waals surface area contributed by atoms with Gasteiger partial charge < -0.3 is 19.6 Å². The van der Waals surface area contributed by atoms with E-state index in [0.717, 1.165) is 30.6 Å². The third-order valence-electron chi connectivity index (χ3n) is 5.58. The Bertz CT molecular complexity index is 610. The van der Waals surface area contributed by atoms with Crippen molar-refractivity contribution >= 4 is 14.0 Å². The second kappa shape index (κ2) is 8.59. The number of nitrogens with two attached hydrogens (primary N) is 1. The summed E-state index contributed by atoms with van der Waals surface area (Å²) in [4.78, 5) is 0. The van der Waals surface area contributed by atoms with Crippen molar-refractivity contribution in [3.05, 3.63) is 36.4 Å². The summed E-state index contributed by atoms with van der Waals surface area (Å²) in [6.07, 6.45) is 5.10. The average molecular weight is 378 g/mol. The van der Waals surface area contributed by atoms with Crippen LogP contribution in [0.15, 0.2) is 30.9 Å². The molecule has 1 aromatic carbocycles. The maximum Gasteiger partial charge on any atom is 0.192 e. The molecular formula is C21H35NO3Si. The Hall–Kier alpha value is -1.30. The molecule has 2 rings (SSSR count). The molecule has 1 aliphatic carbocycles. The monoisotopic (exact) mass is 377 g/mol. The minimum absolute atomic E-state index is 0.0616. The first kappa shape index (κ1) is 21.0. The lowest BCUT2D eigenvalue weighted by Gasteiger charge is -2.36. The summed E-state index contributed by atoms with van der Waals surface area (Å²) in [5.74, 6) is 0.736. The summed E-state index contributed by atoms with van der Waals surface area (Å²) in [5.41, 5.74) is 8.00. The number of nitrogen functional groups attached to an aromatic ring is 1. The van der Waals surface area contributed by atoms with Gasteiger partial charge in [0, 0.05) is 0 Å². The average Bonchev–Trinajstić information content (AvgIpc) is 2.99. The molecule has 0 aliphatic heterocycles. The highest BCUT2D eigenvalue weighted by Crippen LogP contribution is 2.37. The van der Waals surface area contributed by atoms with E-state index in [9.17, 15) is 0 Å². The molecule has 0 spiro atoms.